The highest BCUT2D eigenvalue weighted by molar-refractivity contribution is 5.73. The molecule has 3 aliphatic rings. The number of aryl methyl sites for hydroxylation is 1. The fourth-order valence-corrected chi connectivity index (χ4v) is 10.6. The monoisotopic (exact) mass is 1050 g/mol. The Labute approximate surface area is 438 Å². The van der Waals surface area contributed by atoms with Gasteiger partial charge >= 0.3 is 29.8 Å². The zero-order valence-electron chi connectivity index (χ0n) is 46.4. The summed E-state index contributed by atoms with van der Waals surface area (Å²) in [7, 11) is 7.98. The number of benzene rings is 1. The van der Waals surface area contributed by atoms with Gasteiger partial charge in [-0.25, -0.2) is 0 Å². The van der Waals surface area contributed by atoms with E-state index in [4.69, 9.17) is 56.8 Å². The first-order chi connectivity index (χ1) is 35.1. The van der Waals surface area contributed by atoms with Crippen molar-refractivity contribution in [2.75, 3.05) is 55.1 Å². The van der Waals surface area contributed by atoms with Gasteiger partial charge in [-0.05, 0) is 91.4 Å². The van der Waals surface area contributed by atoms with Gasteiger partial charge in [0.1, 0.15) is 36.6 Å². The van der Waals surface area contributed by atoms with Crippen molar-refractivity contribution in [2.24, 2.45) is 11.8 Å². The summed E-state index contributed by atoms with van der Waals surface area (Å²) in [4.78, 5) is 69.2. The minimum Gasteiger partial charge on any atom is -0.463 e. The lowest BCUT2D eigenvalue weighted by atomic mass is 9.81. The summed E-state index contributed by atoms with van der Waals surface area (Å²) in [5.74, 6) is -3.73. The number of esters is 5. The summed E-state index contributed by atoms with van der Waals surface area (Å²) in [5, 5.41) is 12.6. The Kier molecular flexibility index (Phi) is 25.6. The van der Waals surface area contributed by atoms with Gasteiger partial charge in [0.15, 0.2) is 30.6 Å². The fraction of sp³-hybridized carbons (Fsp3) is 0.796. The third-order valence-electron chi connectivity index (χ3n) is 14.3. The van der Waals surface area contributed by atoms with E-state index < -0.39 is 134 Å². The zero-order valence-corrected chi connectivity index (χ0v) is 46.4. The van der Waals surface area contributed by atoms with Gasteiger partial charge in [0, 0.05) is 73.9 Å². The molecule has 0 saturated carbocycles. The number of nitrogens with zero attached hydrogens (tertiary/aromatic N) is 2. The van der Waals surface area contributed by atoms with E-state index in [-0.39, 0.29) is 31.6 Å². The predicted molar refractivity (Wildman–Crippen MR) is 269 cm³/mol. The summed E-state index contributed by atoms with van der Waals surface area (Å²) in [5.41, 5.74) is -0.130. The van der Waals surface area contributed by atoms with Crippen LogP contribution in [0.3, 0.4) is 0 Å². The Bertz CT molecular complexity index is 1890. The van der Waals surface area contributed by atoms with Crippen LogP contribution in [0.4, 0.5) is 0 Å². The van der Waals surface area contributed by atoms with Gasteiger partial charge in [0.05, 0.1) is 30.8 Å². The Morgan fingerprint density at radius 2 is 1.51 bits per heavy atom. The van der Waals surface area contributed by atoms with E-state index in [1.165, 1.54) is 40.7 Å². The second kappa shape index (κ2) is 30.2. The predicted octanol–water partition coefficient (Wildman–Crippen LogP) is 5.15. The highest BCUT2D eigenvalue weighted by Gasteiger charge is 2.55. The molecule has 16 atom stereocenters. The average molecular weight is 1050 g/mol. The molecular formula is C54H88N2O18. The van der Waals surface area contributed by atoms with Crippen molar-refractivity contribution in [3.63, 3.8) is 0 Å². The maximum atomic E-state index is 14.0. The summed E-state index contributed by atoms with van der Waals surface area (Å²) in [6.45, 7) is 16.5. The number of carbonyl (C=O) groups excluding carboxylic acids is 5. The molecule has 3 saturated heterocycles. The molecule has 3 aliphatic heterocycles. The highest BCUT2D eigenvalue weighted by atomic mass is 16.7. The van der Waals surface area contributed by atoms with E-state index in [1.807, 2.05) is 32.0 Å². The molecular weight excluding hydrogens is 965 g/mol. The van der Waals surface area contributed by atoms with E-state index in [1.54, 1.807) is 53.6 Å². The maximum Gasteiger partial charge on any atom is 0.309 e. The van der Waals surface area contributed by atoms with Gasteiger partial charge in [-0.2, -0.15) is 0 Å². The SMILES string of the molecule is CCC(=O)O[C@@H]1CC(=O)O[C@H](C)CCN(CCCc2ccccc2)C[C@H](OC(C)=O)[C@H](C)C[C@H](CC(OC)OC)[C@H](O[C@@H]2O[C@H](C)[C@@H](O[C@H]3C[C@@](C)(OC(C)=O)[C@@H](OC(=O)CC)[C@H](C)O3)[C@H](N(C)C)[C@H]2O)[C@H]1OC. The van der Waals surface area contributed by atoms with Crippen LogP contribution in [0.2, 0.25) is 0 Å². The normalized spacial score (nSPS) is 34.0. The lowest BCUT2D eigenvalue weighted by Crippen LogP contribution is -2.66. The molecule has 4 rings (SSSR count). The van der Waals surface area contributed by atoms with E-state index in [2.05, 4.69) is 17.0 Å². The second-order valence-electron chi connectivity index (χ2n) is 20.5. The average Bonchev–Trinajstić information content (AvgIpc) is 3.33. The van der Waals surface area contributed by atoms with E-state index in [0.29, 0.717) is 32.5 Å². The topological polar surface area (TPSA) is 223 Å². The molecule has 0 bridgehead atoms. The van der Waals surface area contributed by atoms with Crippen molar-refractivity contribution in [1.82, 2.24) is 9.80 Å². The number of aliphatic hydroxyl groups is 1. The lowest BCUT2D eigenvalue weighted by molar-refractivity contribution is -0.345. The lowest BCUT2D eigenvalue weighted by Gasteiger charge is -2.51. The van der Waals surface area contributed by atoms with Crippen LogP contribution in [0.5, 0.6) is 0 Å². The second-order valence-corrected chi connectivity index (χ2v) is 20.5. The van der Waals surface area contributed by atoms with Crippen LogP contribution in [0.1, 0.15) is 119 Å². The van der Waals surface area contributed by atoms with Gasteiger partial charge in [-0.1, -0.05) is 51.1 Å². The number of carbonyl (C=O) groups is 5. The number of likely N-dealkylation sites (N-methyl/N-ethyl adjacent to an activating group) is 1. The summed E-state index contributed by atoms with van der Waals surface area (Å²) >= 11 is 0. The van der Waals surface area contributed by atoms with Gasteiger partial charge in [0.25, 0.3) is 0 Å². The first kappa shape index (κ1) is 62.7. The van der Waals surface area contributed by atoms with E-state index in [9.17, 15) is 29.1 Å². The number of rotatable bonds is 20. The Hall–Kier alpha value is -3.83. The fourth-order valence-electron chi connectivity index (χ4n) is 10.6. The van der Waals surface area contributed by atoms with Crippen LogP contribution >= 0.6 is 0 Å². The molecule has 20 heteroatoms. The molecule has 1 aromatic carbocycles. The van der Waals surface area contributed by atoms with Gasteiger partial charge in [-0.15, -0.1) is 0 Å². The van der Waals surface area contributed by atoms with Crippen molar-refractivity contribution < 1.29 is 85.9 Å². The van der Waals surface area contributed by atoms with Crippen LogP contribution < -0.4 is 0 Å². The molecule has 0 spiro atoms. The largest absolute Gasteiger partial charge is 0.463 e. The zero-order chi connectivity index (χ0) is 54.9. The van der Waals surface area contributed by atoms with Crippen molar-refractivity contribution >= 4 is 29.8 Å². The highest BCUT2D eigenvalue weighted by Crippen LogP contribution is 2.40. The maximum absolute atomic E-state index is 14.0. The number of methoxy groups -OCH3 is 3. The first-order valence-corrected chi connectivity index (χ1v) is 26.3. The van der Waals surface area contributed by atoms with E-state index in [0.717, 1.165) is 12.8 Å². The summed E-state index contributed by atoms with van der Waals surface area (Å²) in [6.07, 6.45) is -10.5. The summed E-state index contributed by atoms with van der Waals surface area (Å²) < 4.78 is 74.3. The van der Waals surface area contributed by atoms with Crippen molar-refractivity contribution in [1.29, 1.82) is 0 Å². The molecule has 0 amide bonds. The number of cyclic esters (lactones) is 1. The van der Waals surface area contributed by atoms with Crippen LogP contribution in [0.15, 0.2) is 30.3 Å². The number of hydrogen-bond donors (Lipinski definition) is 1. The van der Waals surface area contributed by atoms with Gasteiger partial charge < -0.3 is 66.8 Å². The molecule has 3 fully saturated rings. The molecule has 74 heavy (non-hydrogen) atoms. The van der Waals surface area contributed by atoms with E-state index >= 15 is 0 Å². The molecule has 1 aromatic rings. The third kappa shape index (κ3) is 18.4. The van der Waals surface area contributed by atoms with Gasteiger partial charge in [-0.3, -0.25) is 28.9 Å². The molecule has 422 valence electrons. The van der Waals surface area contributed by atoms with Crippen molar-refractivity contribution in [2.45, 2.75) is 212 Å². The molecule has 20 nitrogen and oxygen atoms in total. The third-order valence-corrected chi connectivity index (χ3v) is 14.3. The standard InChI is InChI=1S/C54H88N2O18/c1-15-42(59)70-40-29-44(61)66-33(4)24-26-56(25-20-23-38-21-18-17-19-22-38)31-41(69-36(7)57)32(3)27-39(28-45(63-12)64-13)50(51(40)65-14)73-53-48(62)47(55(10)11)49(34(5)68-53)72-46-30-54(9,74-37(8)58)52(35(6)67-46)71-43(60)16-2/h17-19,21-22,32-35,39-41,45-53,62H,15-16,20,23-31H2,1-14H3/t32-,33-,34-,35+,39-,40-,41+,46+,47-,48-,49-,50+,51+,52+,53+,54-/m1/s1. The Balaban J connectivity index is 1.79. The molecule has 0 radical (unpaired) electrons. The summed E-state index contributed by atoms with van der Waals surface area (Å²) in [6, 6.07) is 9.37. The minimum absolute atomic E-state index is 0.00804. The van der Waals surface area contributed by atoms with Crippen molar-refractivity contribution in [3.8, 4) is 0 Å². The van der Waals surface area contributed by atoms with Crippen LogP contribution in [-0.2, 0) is 87.2 Å². The smallest absolute Gasteiger partial charge is 0.309 e. The first-order valence-electron chi connectivity index (χ1n) is 26.3. The Morgan fingerprint density at radius 3 is 2.11 bits per heavy atom. The Morgan fingerprint density at radius 1 is 0.851 bits per heavy atom. The molecule has 0 aromatic heterocycles. The molecule has 0 unspecified atom stereocenters. The quantitative estimate of drug-likeness (QED) is 0.101. The number of aliphatic hydroxyl groups excluding tert-OH is 1. The van der Waals surface area contributed by atoms with Crippen molar-refractivity contribution in [3.05, 3.63) is 35.9 Å². The number of ether oxygens (including phenoxy) is 12. The molecule has 1 N–H and O–H groups in total. The van der Waals surface area contributed by atoms with Gasteiger partial charge in [0.2, 0.25) is 0 Å². The molecule has 0 aliphatic carbocycles. The van der Waals surface area contributed by atoms with Crippen LogP contribution in [0, 0.1) is 11.8 Å². The number of hydrogen-bond acceptors (Lipinski definition) is 20. The molecule has 3 heterocycles. The van der Waals surface area contributed by atoms with Crippen LogP contribution in [0.25, 0.3) is 0 Å². The minimum atomic E-state index is -1.43. The van der Waals surface area contributed by atoms with Crippen LogP contribution in [-0.4, -0.2) is 191 Å².